The van der Waals surface area contributed by atoms with Crippen molar-refractivity contribution in [2.45, 2.75) is 19.3 Å². The largest absolute Gasteiger partial charge is 0.232 e. The fraction of sp³-hybridized carbons (Fsp3) is 0.375. The Morgan fingerprint density at radius 2 is 2.36 bits per heavy atom. The third kappa shape index (κ3) is 0.966. The molecule has 0 atom stereocenters. The third-order valence-electron chi connectivity index (χ3n) is 1.91. The highest BCUT2D eigenvalue weighted by molar-refractivity contribution is 5.25. The molecule has 3 nitrogen and oxygen atoms in total. The van der Waals surface area contributed by atoms with Gasteiger partial charge in [0, 0.05) is 11.9 Å². The van der Waals surface area contributed by atoms with Crippen LogP contribution in [-0.4, -0.2) is 9.97 Å². The van der Waals surface area contributed by atoms with Crippen LogP contribution in [0.2, 0.25) is 0 Å². The molecule has 0 fully saturated rings. The van der Waals surface area contributed by atoms with E-state index in [2.05, 4.69) is 9.97 Å². The van der Waals surface area contributed by atoms with Crippen LogP contribution in [0.25, 0.3) is 0 Å². The average molecular weight is 145 g/mol. The van der Waals surface area contributed by atoms with E-state index in [-0.39, 0.29) is 0 Å². The molecule has 0 spiro atoms. The quantitative estimate of drug-likeness (QED) is 0.543. The number of aromatic nitrogens is 2. The molecule has 0 saturated heterocycles. The molecule has 0 amide bonds. The van der Waals surface area contributed by atoms with Gasteiger partial charge in [0.25, 0.3) is 0 Å². The van der Waals surface area contributed by atoms with Crippen LogP contribution in [0.1, 0.15) is 23.5 Å². The van der Waals surface area contributed by atoms with Crippen molar-refractivity contribution < 1.29 is 0 Å². The highest BCUT2D eigenvalue weighted by atomic mass is 14.9. The average Bonchev–Trinajstić information content (AvgIpc) is 2.50. The summed E-state index contributed by atoms with van der Waals surface area (Å²) in [6.45, 7) is 0. The number of rotatable bonds is 0. The lowest BCUT2D eigenvalue weighted by Crippen LogP contribution is -1.94. The van der Waals surface area contributed by atoms with E-state index in [1.54, 1.807) is 6.20 Å². The number of nitriles is 1. The smallest absolute Gasteiger partial charge is 0.227 e. The van der Waals surface area contributed by atoms with E-state index in [4.69, 9.17) is 5.26 Å². The van der Waals surface area contributed by atoms with Gasteiger partial charge < -0.3 is 0 Å². The Morgan fingerprint density at radius 3 is 3.18 bits per heavy atom. The summed E-state index contributed by atoms with van der Waals surface area (Å²) in [5, 5.41) is 8.49. The third-order valence-corrected chi connectivity index (χ3v) is 1.91. The topological polar surface area (TPSA) is 49.6 Å². The van der Waals surface area contributed by atoms with E-state index in [9.17, 15) is 0 Å². The lowest BCUT2D eigenvalue weighted by molar-refractivity contribution is 0.898. The normalized spacial score (nSPS) is 14.1. The fourth-order valence-electron chi connectivity index (χ4n) is 1.37. The van der Waals surface area contributed by atoms with Crippen LogP contribution in [0, 0.1) is 11.3 Å². The highest BCUT2D eigenvalue weighted by Gasteiger charge is 2.12. The van der Waals surface area contributed by atoms with Crippen molar-refractivity contribution in [1.82, 2.24) is 9.97 Å². The molecule has 1 aromatic heterocycles. The molecular weight excluding hydrogens is 138 g/mol. The predicted molar refractivity (Wildman–Crippen MR) is 38.8 cm³/mol. The van der Waals surface area contributed by atoms with Crippen LogP contribution >= 0.6 is 0 Å². The maximum Gasteiger partial charge on any atom is 0.232 e. The number of hydrogen-bond acceptors (Lipinski definition) is 3. The van der Waals surface area contributed by atoms with Gasteiger partial charge in [-0.1, -0.05) is 0 Å². The molecule has 11 heavy (non-hydrogen) atoms. The lowest BCUT2D eigenvalue weighted by Gasteiger charge is -1.94. The van der Waals surface area contributed by atoms with Gasteiger partial charge in [-0.2, -0.15) is 5.26 Å². The van der Waals surface area contributed by atoms with E-state index >= 15 is 0 Å². The van der Waals surface area contributed by atoms with Crippen molar-refractivity contribution in [3.63, 3.8) is 0 Å². The molecule has 54 valence electrons. The van der Waals surface area contributed by atoms with Gasteiger partial charge in [-0.15, -0.1) is 0 Å². The number of nitrogens with zero attached hydrogens (tertiary/aromatic N) is 3. The molecule has 0 radical (unpaired) electrons. The first-order chi connectivity index (χ1) is 5.40. The summed E-state index contributed by atoms with van der Waals surface area (Å²) in [4.78, 5) is 8.00. The van der Waals surface area contributed by atoms with E-state index in [1.165, 1.54) is 5.56 Å². The van der Waals surface area contributed by atoms with Gasteiger partial charge in [-0.05, 0) is 24.8 Å². The summed E-state index contributed by atoms with van der Waals surface area (Å²) in [6, 6.07) is 1.93. The van der Waals surface area contributed by atoms with Gasteiger partial charge >= 0.3 is 0 Å². The molecule has 0 aliphatic heterocycles. The SMILES string of the molecule is N#Cc1ncc2c(n1)CCC2. The van der Waals surface area contributed by atoms with Crippen LogP contribution in [-0.2, 0) is 12.8 Å². The second kappa shape index (κ2) is 2.31. The van der Waals surface area contributed by atoms with Crippen LogP contribution in [0.3, 0.4) is 0 Å². The van der Waals surface area contributed by atoms with E-state index in [0.29, 0.717) is 5.82 Å². The van der Waals surface area contributed by atoms with Crippen molar-refractivity contribution >= 4 is 0 Å². The molecule has 0 aromatic carbocycles. The van der Waals surface area contributed by atoms with Gasteiger partial charge in [0.15, 0.2) is 0 Å². The van der Waals surface area contributed by atoms with Crippen molar-refractivity contribution in [3.05, 3.63) is 23.3 Å². The summed E-state index contributed by atoms with van der Waals surface area (Å²) >= 11 is 0. The molecule has 0 bridgehead atoms. The summed E-state index contributed by atoms with van der Waals surface area (Å²) in [5.74, 6) is 0.297. The Labute approximate surface area is 64.7 Å². The molecule has 0 unspecified atom stereocenters. The van der Waals surface area contributed by atoms with Crippen molar-refractivity contribution in [1.29, 1.82) is 5.26 Å². The van der Waals surface area contributed by atoms with E-state index in [1.807, 2.05) is 6.07 Å². The Kier molecular flexibility index (Phi) is 1.32. The predicted octanol–water partition coefficient (Wildman–Crippen LogP) is 0.837. The first-order valence-electron chi connectivity index (χ1n) is 3.65. The molecule has 1 aliphatic carbocycles. The van der Waals surface area contributed by atoms with Crippen LogP contribution < -0.4 is 0 Å². The molecule has 0 N–H and O–H groups in total. The molecule has 1 aliphatic rings. The van der Waals surface area contributed by atoms with Gasteiger partial charge in [-0.25, -0.2) is 9.97 Å². The minimum atomic E-state index is 0.297. The maximum absolute atomic E-state index is 8.49. The lowest BCUT2D eigenvalue weighted by atomic mass is 10.3. The Hall–Kier alpha value is -1.43. The molecule has 3 heteroatoms. The summed E-state index contributed by atoms with van der Waals surface area (Å²) in [5.41, 5.74) is 2.28. The maximum atomic E-state index is 8.49. The highest BCUT2D eigenvalue weighted by Crippen LogP contribution is 2.17. The zero-order valence-corrected chi connectivity index (χ0v) is 6.04. The molecule has 2 rings (SSSR count). The van der Waals surface area contributed by atoms with Crippen LogP contribution in [0.5, 0.6) is 0 Å². The van der Waals surface area contributed by atoms with Gasteiger partial charge in [0.1, 0.15) is 6.07 Å². The van der Waals surface area contributed by atoms with Crippen LogP contribution in [0.15, 0.2) is 6.20 Å². The first-order valence-corrected chi connectivity index (χ1v) is 3.65. The van der Waals surface area contributed by atoms with Gasteiger partial charge in [-0.3, -0.25) is 0 Å². The monoisotopic (exact) mass is 145 g/mol. The molecule has 1 aromatic rings. The Morgan fingerprint density at radius 1 is 1.45 bits per heavy atom. The molecule has 0 saturated carbocycles. The van der Waals surface area contributed by atoms with E-state index in [0.717, 1.165) is 25.0 Å². The van der Waals surface area contributed by atoms with Crippen LogP contribution in [0.4, 0.5) is 0 Å². The van der Waals surface area contributed by atoms with Crippen molar-refractivity contribution in [2.24, 2.45) is 0 Å². The van der Waals surface area contributed by atoms with Crippen molar-refractivity contribution in [3.8, 4) is 6.07 Å². The summed E-state index contributed by atoms with van der Waals surface area (Å²) in [7, 11) is 0. The summed E-state index contributed by atoms with van der Waals surface area (Å²) < 4.78 is 0. The van der Waals surface area contributed by atoms with Gasteiger partial charge in [0.05, 0.1) is 0 Å². The zero-order chi connectivity index (χ0) is 7.68. The fourth-order valence-corrected chi connectivity index (χ4v) is 1.37. The van der Waals surface area contributed by atoms with Crippen molar-refractivity contribution in [2.75, 3.05) is 0 Å². The molecule has 1 heterocycles. The van der Waals surface area contributed by atoms with Gasteiger partial charge in [0.2, 0.25) is 5.82 Å². The standard InChI is InChI=1S/C8H7N3/c9-4-8-10-5-6-2-1-3-7(6)11-8/h5H,1-3H2. The molecular formula is C8H7N3. The first kappa shape index (κ1) is 6.29. The second-order valence-corrected chi connectivity index (χ2v) is 2.63. The summed E-state index contributed by atoms with van der Waals surface area (Å²) in [6.07, 6.45) is 5.00. The Bertz CT molecular complexity index is 325. The Balaban J connectivity index is 2.51. The minimum absolute atomic E-state index is 0.297. The number of aryl methyl sites for hydroxylation is 2. The number of fused-ring (bicyclic) bond motifs is 1. The van der Waals surface area contributed by atoms with E-state index < -0.39 is 0 Å². The number of hydrogen-bond donors (Lipinski definition) is 0. The second-order valence-electron chi connectivity index (χ2n) is 2.63. The minimum Gasteiger partial charge on any atom is -0.227 e. The zero-order valence-electron chi connectivity index (χ0n) is 6.04.